The van der Waals surface area contributed by atoms with Crippen LogP contribution < -0.4 is 5.73 Å². The number of nitrogens with zero attached hydrogens (tertiary/aromatic N) is 1. The van der Waals surface area contributed by atoms with E-state index in [9.17, 15) is 0 Å². The molecule has 0 amide bonds. The van der Waals surface area contributed by atoms with Gasteiger partial charge in [-0.15, -0.1) is 0 Å². The van der Waals surface area contributed by atoms with Crippen molar-refractivity contribution in [2.75, 3.05) is 0 Å². The van der Waals surface area contributed by atoms with Gasteiger partial charge < -0.3 is 10.7 Å². The molecule has 3 nitrogen and oxygen atoms in total. The lowest BCUT2D eigenvalue weighted by molar-refractivity contribution is 0.423. The zero-order valence-electron chi connectivity index (χ0n) is 10.4. The fourth-order valence-electron chi connectivity index (χ4n) is 2.01. The Kier molecular flexibility index (Phi) is 3.29. The lowest BCUT2D eigenvalue weighted by Crippen LogP contribution is -2.34. The second-order valence-corrected chi connectivity index (χ2v) is 4.68. The third kappa shape index (κ3) is 2.56. The summed E-state index contributed by atoms with van der Waals surface area (Å²) in [5.74, 6) is 0.859. The van der Waals surface area contributed by atoms with Gasteiger partial charge in [-0.3, -0.25) is 0 Å². The van der Waals surface area contributed by atoms with Crippen LogP contribution in [-0.4, -0.2) is 9.97 Å². The zero-order valence-corrected chi connectivity index (χ0v) is 10.4. The molecule has 0 aliphatic rings. The van der Waals surface area contributed by atoms with Crippen molar-refractivity contribution >= 4 is 0 Å². The highest BCUT2D eigenvalue weighted by Crippen LogP contribution is 2.23. The van der Waals surface area contributed by atoms with Crippen molar-refractivity contribution in [3.05, 3.63) is 42.4 Å². The number of imidazole rings is 1. The lowest BCUT2D eigenvalue weighted by atomic mass is 9.97. The van der Waals surface area contributed by atoms with E-state index < -0.39 is 0 Å². The lowest BCUT2D eigenvalue weighted by Gasteiger charge is -2.21. The van der Waals surface area contributed by atoms with Crippen LogP contribution in [0.15, 0.2) is 36.5 Å². The highest BCUT2D eigenvalue weighted by molar-refractivity contribution is 5.58. The van der Waals surface area contributed by atoms with Gasteiger partial charge in [0.25, 0.3) is 0 Å². The van der Waals surface area contributed by atoms with Crippen LogP contribution in [0.3, 0.4) is 0 Å². The monoisotopic (exact) mass is 229 g/mol. The van der Waals surface area contributed by atoms with Gasteiger partial charge in [-0.05, 0) is 18.9 Å². The normalized spacial score (nSPS) is 14.5. The Bertz CT molecular complexity index is 471. The zero-order chi connectivity index (χ0) is 12.3. The third-order valence-electron chi connectivity index (χ3n) is 2.97. The molecule has 2 rings (SSSR count). The van der Waals surface area contributed by atoms with Crippen molar-refractivity contribution in [2.45, 2.75) is 32.2 Å². The molecule has 1 atom stereocenters. The summed E-state index contributed by atoms with van der Waals surface area (Å²) in [4.78, 5) is 7.72. The molecule has 3 heteroatoms. The van der Waals surface area contributed by atoms with E-state index >= 15 is 0 Å². The van der Waals surface area contributed by atoms with Gasteiger partial charge in [-0.1, -0.05) is 43.7 Å². The molecule has 0 aliphatic carbocycles. The molecule has 0 saturated heterocycles. The van der Waals surface area contributed by atoms with Gasteiger partial charge >= 0.3 is 0 Å². The highest BCUT2D eigenvalue weighted by Gasteiger charge is 2.23. The predicted molar refractivity (Wildman–Crippen MR) is 70.5 cm³/mol. The second kappa shape index (κ2) is 4.72. The van der Waals surface area contributed by atoms with Crippen LogP contribution in [0, 0.1) is 0 Å². The molecule has 1 aromatic carbocycles. The van der Waals surface area contributed by atoms with Gasteiger partial charge in [-0.25, -0.2) is 4.98 Å². The number of nitrogens with one attached hydrogen (secondary N) is 1. The maximum absolute atomic E-state index is 6.25. The topological polar surface area (TPSA) is 54.7 Å². The molecule has 1 unspecified atom stereocenters. The fraction of sp³-hybridized carbons (Fsp3) is 0.357. The molecule has 90 valence electrons. The minimum atomic E-state index is -0.373. The molecular formula is C14H19N3. The number of H-pyrrole nitrogens is 1. The highest BCUT2D eigenvalue weighted by atomic mass is 15.0. The molecule has 0 spiro atoms. The molecule has 17 heavy (non-hydrogen) atoms. The van der Waals surface area contributed by atoms with Crippen LogP contribution in [0.1, 0.15) is 32.5 Å². The maximum Gasteiger partial charge on any atom is 0.126 e. The van der Waals surface area contributed by atoms with Gasteiger partial charge in [0.15, 0.2) is 0 Å². The number of benzene rings is 1. The Morgan fingerprint density at radius 2 is 2.00 bits per heavy atom. The molecular weight excluding hydrogens is 210 g/mol. The summed E-state index contributed by atoms with van der Waals surface area (Å²) in [6, 6.07) is 10.2. The number of aromatic nitrogens is 2. The first-order valence-electron chi connectivity index (χ1n) is 6.03. The Labute approximate surface area is 102 Å². The minimum absolute atomic E-state index is 0.373. The van der Waals surface area contributed by atoms with E-state index in [1.165, 1.54) is 0 Å². The summed E-state index contributed by atoms with van der Waals surface area (Å²) in [5.41, 5.74) is 8.03. The molecule has 1 aromatic heterocycles. The van der Waals surface area contributed by atoms with Crippen LogP contribution in [-0.2, 0) is 5.54 Å². The quantitative estimate of drug-likeness (QED) is 0.846. The molecule has 2 aromatic rings. The van der Waals surface area contributed by atoms with Crippen molar-refractivity contribution in [3.8, 4) is 11.3 Å². The van der Waals surface area contributed by atoms with Crippen molar-refractivity contribution in [2.24, 2.45) is 5.73 Å². The molecule has 0 bridgehead atoms. The van der Waals surface area contributed by atoms with E-state index in [-0.39, 0.29) is 5.54 Å². The van der Waals surface area contributed by atoms with Crippen molar-refractivity contribution in [1.82, 2.24) is 9.97 Å². The average molecular weight is 229 g/mol. The van der Waals surface area contributed by atoms with E-state index in [1.807, 2.05) is 31.3 Å². The average Bonchev–Trinajstić information content (AvgIpc) is 2.80. The van der Waals surface area contributed by atoms with Crippen LogP contribution in [0.5, 0.6) is 0 Å². The smallest absolute Gasteiger partial charge is 0.126 e. The third-order valence-corrected chi connectivity index (χ3v) is 2.97. The van der Waals surface area contributed by atoms with Crippen LogP contribution in [0.2, 0.25) is 0 Å². The summed E-state index contributed by atoms with van der Waals surface area (Å²) < 4.78 is 0. The van der Waals surface area contributed by atoms with Crippen molar-refractivity contribution in [3.63, 3.8) is 0 Å². The first-order valence-corrected chi connectivity index (χ1v) is 6.03. The molecule has 0 aliphatic heterocycles. The molecule has 3 N–H and O–H groups in total. The van der Waals surface area contributed by atoms with E-state index in [2.05, 4.69) is 29.0 Å². The van der Waals surface area contributed by atoms with Crippen LogP contribution in [0.25, 0.3) is 11.3 Å². The Morgan fingerprint density at radius 1 is 1.29 bits per heavy atom. The van der Waals surface area contributed by atoms with Crippen LogP contribution in [0.4, 0.5) is 0 Å². The largest absolute Gasteiger partial charge is 0.340 e. The Hall–Kier alpha value is -1.61. The SMILES string of the molecule is CCCC(C)(N)c1ncc(-c2ccccc2)[nH]1. The van der Waals surface area contributed by atoms with Gasteiger partial charge in [0, 0.05) is 0 Å². The van der Waals surface area contributed by atoms with E-state index in [4.69, 9.17) is 5.73 Å². The summed E-state index contributed by atoms with van der Waals surface area (Å²) in [5, 5.41) is 0. The van der Waals surface area contributed by atoms with Gasteiger partial charge in [0.1, 0.15) is 5.82 Å². The predicted octanol–water partition coefficient (Wildman–Crippen LogP) is 3.05. The molecule has 0 saturated carbocycles. The van der Waals surface area contributed by atoms with Gasteiger partial charge in [0.2, 0.25) is 0 Å². The first-order chi connectivity index (χ1) is 8.13. The summed E-state index contributed by atoms with van der Waals surface area (Å²) in [7, 11) is 0. The van der Waals surface area contributed by atoms with Crippen molar-refractivity contribution < 1.29 is 0 Å². The van der Waals surface area contributed by atoms with Crippen molar-refractivity contribution in [1.29, 1.82) is 0 Å². The molecule has 0 fully saturated rings. The number of nitrogens with two attached hydrogens (primary N) is 1. The molecule has 1 heterocycles. The fourth-order valence-corrected chi connectivity index (χ4v) is 2.01. The maximum atomic E-state index is 6.25. The second-order valence-electron chi connectivity index (χ2n) is 4.68. The van der Waals surface area contributed by atoms with E-state index in [0.717, 1.165) is 29.9 Å². The Balaban J connectivity index is 2.28. The van der Waals surface area contributed by atoms with Gasteiger partial charge in [-0.2, -0.15) is 0 Å². The molecule has 0 radical (unpaired) electrons. The van der Waals surface area contributed by atoms with Crippen LogP contribution >= 0.6 is 0 Å². The standard InChI is InChI=1S/C14H19N3/c1-3-9-14(2,15)13-16-10-12(17-13)11-7-5-4-6-8-11/h4-8,10H,3,9,15H2,1-2H3,(H,16,17). The Morgan fingerprint density at radius 3 is 2.65 bits per heavy atom. The number of rotatable bonds is 4. The summed E-state index contributed by atoms with van der Waals surface area (Å²) >= 11 is 0. The number of aromatic amines is 1. The number of hydrogen-bond donors (Lipinski definition) is 2. The van der Waals surface area contributed by atoms with Gasteiger partial charge in [0.05, 0.1) is 17.4 Å². The minimum Gasteiger partial charge on any atom is -0.340 e. The summed E-state index contributed by atoms with van der Waals surface area (Å²) in [6.07, 6.45) is 3.83. The summed E-state index contributed by atoms with van der Waals surface area (Å²) in [6.45, 7) is 4.15. The van der Waals surface area contributed by atoms with E-state index in [1.54, 1.807) is 0 Å². The van der Waals surface area contributed by atoms with E-state index in [0.29, 0.717) is 0 Å². The first kappa shape index (κ1) is 11.9. The number of hydrogen-bond acceptors (Lipinski definition) is 2.